The zero-order valence-corrected chi connectivity index (χ0v) is 18.1. The molecule has 0 unspecified atom stereocenters. The number of thiazole rings is 1. The molecule has 0 saturated carbocycles. The van der Waals surface area contributed by atoms with Crippen LogP contribution in [0.4, 0.5) is 14.5 Å². The molecule has 1 aromatic carbocycles. The summed E-state index contributed by atoms with van der Waals surface area (Å²) in [7, 11) is 0. The Bertz CT molecular complexity index is 1130. The van der Waals surface area contributed by atoms with Crippen LogP contribution in [-0.4, -0.2) is 43.9 Å². The fourth-order valence-electron chi connectivity index (χ4n) is 3.66. The van der Waals surface area contributed by atoms with Gasteiger partial charge in [-0.2, -0.15) is 0 Å². The maximum absolute atomic E-state index is 14.0. The van der Waals surface area contributed by atoms with Crippen molar-refractivity contribution in [2.24, 2.45) is 0 Å². The predicted molar refractivity (Wildman–Crippen MR) is 114 cm³/mol. The van der Waals surface area contributed by atoms with Gasteiger partial charge in [0.1, 0.15) is 28.4 Å². The molecule has 32 heavy (non-hydrogen) atoms. The maximum Gasteiger partial charge on any atom is 0.275 e. The molecule has 1 aliphatic heterocycles. The number of carbonyl (C=O) groups excluding carboxylic acids is 1. The molecule has 168 valence electrons. The van der Waals surface area contributed by atoms with Crippen molar-refractivity contribution in [3.8, 4) is 10.6 Å². The first-order valence-electron chi connectivity index (χ1n) is 9.86. The first kappa shape index (κ1) is 22.4. The van der Waals surface area contributed by atoms with Crippen LogP contribution in [0.2, 0.25) is 0 Å². The van der Waals surface area contributed by atoms with Gasteiger partial charge in [-0.05, 0) is 32.0 Å². The molecule has 1 saturated heterocycles. The molecule has 7 nitrogen and oxygen atoms in total. The van der Waals surface area contributed by atoms with Crippen molar-refractivity contribution in [1.29, 1.82) is 0 Å². The summed E-state index contributed by atoms with van der Waals surface area (Å²) in [6, 6.07) is 5.16. The van der Waals surface area contributed by atoms with Crippen LogP contribution in [0.25, 0.3) is 10.6 Å². The van der Waals surface area contributed by atoms with Crippen LogP contribution in [0, 0.1) is 11.6 Å². The molecule has 3 aromatic rings. The zero-order chi connectivity index (χ0) is 23.0. The number of rotatable bonds is 4. The summed E-state index contributed by atoms with van der Waals surface area (Å²) in [4.78, 5) is 20.9. The minimum absolute atomic E-state index is 0.0113. The molecule has 3 atom stereocenters. The van der Waals surface area contributed by atoms with Gasteiger partial charge in [-0.3, -0.25) is 9.78 Å². The SMILES string of the molecule is CC1(C)O[C@H](c2ccncc2NC(=O)c2csc(-c3c(F)cccc3F)n2)C[C@@H](O)[C@H]1O. The number of benzene rings is 1. The van der Waals surface area contributed by atoms with Crippen molar-refractivity contribution in [1.82, 2.24) is 9.97 Å². The van der Waals surface area contributed by atoms with Crippen molar-refractivity contribution in [3.05, 3.63) is 64.9 Å². The first-order chi connectivity index (χ1) is 15.2. The number of halogens is 2. The highest BCUT2D eigenvalue weighted by Gasteiger charge is 2.43. The van der Waals surface area contributed by atoms with Crippen LogP contribution in [0.3, 0.4) is 0 Å². The minimum atomic E-state index is -1.05. The molecule has 0 spiro atoms. The van der Waals surface area contributed by atoms with Crippen molar-refractivity contribution in [2.75, 3.05) is 5.32 Å². The third kappa shape index (κ3) is 4.26. The predicted octanol–water partition coefficient (Wildman–Crippen LogP) is 3.70. The highest BCUT2D eigenvalue weighted by molar-refractivity contribution is 7.13. The van der Waals surface area contributed by atoms with Crippen LogP contribution in [0.1, 0.15) is 42.4 Å². The lowest BCUT2D eigenvalue weighted by Gasteiger charge is -2.43. The Kier molecular flexibility index (Phi) is 6.04. The third-order valence-electron chi connectivity index (χ3n) is 5.34. The Balaban J connectivity index is 1.58. The number of aromatic nitrogens is 2. The second kappa shape index (κ2) is 8.62. The largest absolute Gasteiger partial charge is 0.390 e. The molecule has 1 fully saturated rings. The normalized spacial score (nSPS) is 22.5. The lowest BCUT2D eigenvalue weighted by molar-refractivity contribution is -0.214. The van der Waals surface area contributed by atoms with Crippen LogP contribution < -0.4 is 5.32 Å². The molecule has 0 radical (unpaired) electrons. The molecule has 3 N–H and O–H groups in total. The van der Waals surface area contributed by atoms with Crippen LogP contribution in [0.5, 0.6) is 0 Å². The van der Waals surface area contributed by atoms with Gasteiger partial charge in [0.15, 0.2) is 0 Å². The second-order valence-electron chi connectivity index (χ2n) is 8.01. The number of nitrogens with one attached hydrogen (secondary N) is 1. The molecule has 3 heterocycles. The monoisotopic (exact) mass is 461 g/mol. The summed E-state index contributed by atoms with van der Waals surface area (Å²) in [6.07, 6.45) is 0.444. The molecule has 2 aromatic heterocycles. The van der Waals surface area contributed by atoms with Crippen LogP contribution in [-0.2, 0) is 4.74 Å². The van der Waals surface area contributed by atoms with Crippen molar-refractivity contribution in [2.45, 2.75) is 44.2 Å². The molecular weight excluding hydrogens is 440 g/mol. The highest BCUT2D eigenvalue weighted by atomic mass is 32.1. The van der Waals surface area contributed by atoms with E-state index in [1.165, 1.54) is 23.8 Å². The number of hydrogen-bond acceptors (Lipinski definition) is 7. The van der Waals surface area contributed by atoms with E-state index in [0.717, 1.165) is 23.5 Å². The van der Waals surface area contributed by atoms with E-state index in [0.29, 0.717) is 11.3 Å². The number of carbonyl (C=O) groups is 1. The topological polar surface area (TPSA) is 105 Å². The smallest absolute Gasteiger partial charge is 0.275 e. The summed E-state index contributed by atoms with van der Waals surface area (Å²) in [5, 5.41) is 24.6. The van der Waals surface area contributed by atoms with Gasteiger partial charge in [0, 0.05) is 23.6 Å². The van der Waals surface area contributed by atoms with Crippen molar-refractivity contribution < 1.29 is 28.5 Å². The second-order valence-corrected chi connectivity index (χ2v) is 8.87. The number of aliphatic hydroxyl groups is 2. The molecule has 10 heteroatoms. The van der Waals surface area contributed by atoms with E-state index in [4.69, 9.17) is 4.74 Å². The fraction of sp³-hybridized carbons (Fsp3) is 0.318. The Morgan fingerprint density at radius 1 is 1.25 bits per heavy atom. The summed E-state index contributed by atoms with van der Waals surface area (Å²) in [6.45, 7) is 3.34. The zero-order valence-electron chi connectivity index (χ0n) is 17.3. The van der Waals surface area contributed by atoms with Crippen LogP contribution >= 0.6 is 11.3 Å². The number of hydrogen-bond donors (Lipinski definition) is 3. The van der Waals surface area contributed by atoms with Crippen molar-refractivity contribution >= 4 is 22.9 Å². The van der Waals surface area contributed by atoms with Gasteiger partial charge in [-0.15, -0.1) is 11.3 Å². The average Bonchev–Trinajstić information content (AvgIpc) is 3.22. The number of amides is 1. The summed E-state index contributed by atoms with van der Waals surface area (Å²) in [5.41, 5.74) is -0.385. The molecule has 1 aliphatic rings. The standard InChI is InChI=1S/C22H21F2N3O4S/c1-22(2)19(29)16(28)8-17(31-22)11-6-7-25-9-14(11)26-20(30)15-10-32-21(27-15)18-12(23)4-3-5-13(18)24/h3-7,9-10,16-17,19,28-29H,8H2,1-2H3,(H,26,30)/t16-,17+,19-/m1/s1. The fourth-order valence-corrected chi connectivity index (χ4v) is 4.51. The van der Waals surface area contributed by atoms with Crippen molar-refractivity contribution in [3.63, 3.8) is 0 Å². The van der Waals surface area contributed by atoms with Gasteiger partial charge in [-0.25, -0.2) is 13.8 Å². The lowest BCUT2D eigenvalue weighted by Crippen LogP contribution is -2.52. The summed E-state index contributed by atoms with van der Waals surface area (Å²) >= 11 is 0.949. The van der Waals surface area contributed by atoms with Gasteiger partial charge in [-0.1, -0.05) is 6.07 Å². The number of ether oxygens (including phenoxy) is 1. The van der Waals surface area contributed by atoms with E-state index in [-0.39, 0.29) is 22.7 Å². The van der Waals surface area contributed by atoms with Gasteiger partial charge in [0.05, 0.1) is 35.3 Å². The van der Waals surface area contributed by atoms with Gasteiger partial charge >= 0.3 is 0 Å². The van der Waals surface area contributed by atoms with Gasteiger partial charge < -0.3 is 20.3 Å². The summed E-state index contributed by atoms with van der Waals surface area (Å²) < 4.78 is 34.1. The minimum Gasteiger partial charge on any atom is -0.390 e. The first-order valence-corrected chi connectivity index (χ1v) is 10.7. The Hall–Kier alpha value is -2.79. The number of pyridine rings is 1. The highest BCUT2D eigenvalue weighted by Crippen LogP contribution is 2.39. The molecule has 0 aliphatic carbocycles. The van der Waals surface area contributed by atoms with Gasteiger partial charge in [0.2, 0.25) is 0 Å². The number of nitrogens with zero attached hydrogens (tertiary/aromatic N) is 2. The molecule has 0 bridgehead atoms. The van der Waals surface area contributed by atoms with Gasteiger partial charge in [0.25, 0.3) is 5.91 Å². The maximum atomic E-state index is 14.0. The number of anilines is 1. The molecular formula is C22H21F2N3O4S. The summed E-state index contributed by atoms with van der Waals surface area (Å²) in [5.74, 6) is -2.12. The van der Waals surface area contributed by atoms with E-state index in [1.54, 1.807) is 19.9 Å². The quantitative estimate of drug-likeness (QED) is 0.547. The molecule has 4 rings (SSSR count). The van der Waals surface area contributed by atoms with E-state index >= 15 is 0 Å². The molecule has 1 amide bonds. The van der Waals surface area contributed by atoms with E-state index in [2.05, 4.69) is 15.3 Å². The third-order valence-corrected chi connectivity index (χ3v) is 6.20. The Labute approximate surface area is 186 Å². The van der Waals surface area contributed by atoms with E-state index in [9.17, 15) is 23.8 Å². The lowest BCUT2D eigenvalue weighted by atomic mass is 9.87. The Morgan fingerprint density at radius 2 is 1.97 bits per heavy atom. The number of aliphatic hydroxyl groups excluding tert-OH is 2. The Morgan fingerprint density at radius 3 is 2.66 bits per heavy atom. The van der Waals surface area contributed by atoms with E-state index in [1.807, 2.05) is 0 Å². The van der Waals surface area contributed by atoms with E-state index < -0.39 is 41.5 Å². The average molecular weight is 461 g/mol. The van der Waals surface area contributed by atoms with Crippen LogP contribution in [0.15, 0.2) is 42.0 Å².